The first-order valence-electron chi connectivity index (χ1n) is 8.47. The van der Waals surface area contributed by atoms with Crippen LogP contribution in [0.3, 0.4) is 0 Å². The fraction of sp³-hybridized carbons (Fsp3) is 0.389. The number of hydrogen-bond donors (Lipinski definition) is 3. The van der Waals surface area contributed by atoms with E-state index in [0.717, 1.165) is 18.5 Å². The van der Waals surface area contributed by atoms with E-state index in [1.165, 1.54) is 12.0 Å². The standard InChI is InChI=1S/C18H23N5O3/c1-11-9-19-16(20-11)10-23(2)18(25)22-14-8-12(4-7-15(14)26-3)17(24)21-13-5-6-13/h4,7-9,13H,5-6,10H2,1-3H3,(H,19,20)(H,21,24)(H,22,25). The largest absolute Gasteiger partial charge is 0.495 e. The summed E-state index contributed by atoms with van der Waals surface area (Å²) in [7, 11) is 3.19. The Labute approximate surface area is 151 Å². The second-order valence-electron chi connectivity index (χ2n) is 6.46. The summed E-state index contributed by atoms with van der Waals surface area (Å²) in [4.78, 5) is 33.5. The Kier molecular flexibility index (Phi) is 5.11. The SMILES string of the molecule is COc1ccc(C(=O)NC2CC2)cc1NC(=O)N(C)Cc1ncc(C)[nH]1. The summed E-state index contributed by atoms with van der Waals surface area (Å²) in [6.45, 7) is 2.24. The second-order valence-corrected chi connectivity index (χ2v) is 6.46. The molecule has 0 spiro atoms. The van der Waals surface area contributed by atoms with E-state index in [0.29, 0.717) is 29.4 Å². The van der Waals surface area contributed by atoms with Crippen LogP contribution in [0.2, 0.25) is 0 Å². The Balaban J connectivity index is 1.69. The molecule has 2 aromatic rings. The smallest absolute Gasteiger partial charge is 0.322 e. The van der Waals surface area contributed by atoms with Crippen molar-refractivity contribution in [1.82, 2.24) is 20.2 Å². The van der Waals surface area contributed by atoms with E-state index < -0.39 is 0 Å². The van der Waals surface area contributed by atoms with E-state index in [2.05, 4.69) is 20.6 Å². The molecule has 0 aliphatic heterocycles. The zero-order chi connectivity index (χ0) is 18.7. The molecule has 1 heterocycles. The number of aryl methyl sites for hydroxylation is 1. The third kappa shape index (κ3) is 4.33. The predicted molar refractivity (Wildman–Crippen MR) is 97.3 cm³/mol. The summed E-state index contributed by atoms with van der Waals surface area (Å²) in [5.74, 6) is 1.04. The Bertz CT molecular complexity index is 813. The van der Waals surface area contributed by atoms with Gasteiger partial charge in [-0.15, -0.1) is 0 Å². The van der Waals surface area contributed by atoms with Crippen LogP contribution in [0.1, 0.15) is 34.7 Å². The highest BCUT2D eigenvalue weighted by atomic mass is 16.5. The summed E-state index contributed by atoms with van der Waals surface area (Å²) >= 11 is 0. The Hall–Kier alpha value is -3.03. The fourth-order valence-corrected chi connectivity index (χ4v) is 2.50. The molecule has 8 nitrogen and oxygen atoms in total. The normalized spacial score (nSPS) is 13.2. The molecule has 1 saturated carbocycles. The number of anilines is 1. The zero-order valence-corrected chi connectivity index (χ0v) is 15.1. The van der Waals surface area contributed by atoms with Crippen LogP contribution < -0.4 is 15.4 Å². The molecule has 1 aliphatic rings. The van der Waals surface area contributed by atoms with E-state index >= 15 is 0 Å². The second kappa shape index (κ2) is 7.47. The van der Waals surface area contributed by atoms with Gasteiger partial charge in [0.2, 0.25) is 0 Å². The lowest BCUT2D eigenvalue weighted by molar-refractivity contribution is 0.0951. The van der Waals surface area contributed by atoms with Gasteiger partial charge in [-0.1, -0.05) is 0 Å². The minimum atomic E-state index is -0.322. The van der Waals surface area contributed by atoms with Crippen LogP contribution >= 0.6 is 0 Å². The summed E-state index contributed by atoms with van der Waals surface area (Å²) in [6, 6.07) is 4.93. The number of aromatic amines is 1. The first-order valence-corrected chi connectivity index (χ1v) is 8.47. The maximum Gasteiger partial charge on any atom is 0.322 e. The number of rotatable bonds is 6. The minimum Gasteiger partial charge on any atom is -0.495 e. The van der Waals surface area contributed by atoms with Crippen molar-refractivity contribution < 1.29 is 14.3 Å². The molecule has 138 valence electrons. The number of methoxy groups -OCH3 is 1. The lowest BCUT2D eigenvalue weighted by Crippen LogP contribution is -2.31. The number of nitrogens with one attached hydrogen (secondary N) is 3. The van der Waals surface area contributed by atoms with Crippen LogP contribution in [-0.4, -0.2) is 47.0 Å². The number of imidazole rings is 1. The zero-order valence-electron chi connectivity index (χ0n) is 15.1. The molecule has 0 unspecified atom stereocenters. The highest BCUT2D eigenvalue weighted by Crippen LogP contribution is 2.27. The number of urea groups is 1. The molecule has 1 aromatic heterocycles. The van der Waals surface area contributed by atoms with Crippen molar-refractivity contribution >= 4 is 17.6 Å². The van der Waals surface area contributed by atoms with Gasteiger partial charge in [-0.25, -0.2) is 9.78 Å². The molecule has 0 bridgehead atoms. The van der Waals surface area contributed by atoms with Gasteiger partial charge in [0.25, 0.3) is 5.91 Å². The molecule has 1 fully saturated rings. The molecule has 3 rings (SSSR count). The Morgan fingerprint density at radius 1 is 1.38 bits per heavy atom. The van der Waals surface area contributed by atoms with Crippen molar-refractivity contribution in [1.29, 1.82) is 0 Å². The van der Waals surface area contributed by atoms with Crippen LogP contribution in [0, 0.1) is 6.92 Å². The third-order valence-electron chi connectivity index (χ3n) is 4.10. The summed E-state index contributed by atoms with van der Waals surface area (Å²) in [5, 5.41) is 5.72. The Morgan fingerprint density at radius 3 is 2.77 bits per heavy atom. The fourth-order valence-electron chi connectivity index (χ4n) is 2.50. The molecular formula is C18H23N5O3. The molecule has 0 radical (unpaired) electrons. The highest BCUT2D eigenvalue weighted by Gasteiger charge is 2.24. The third-order valence-corrected chi connectivity index (χ3v) is 4.10. The quantitative estimate of drug-likeness (QED) is 0.738. The highest BCUT2D eigenvalue weighted by molar-refractivity contribution is 5.98. The van der Waals surface area contributed by atoms with E-state index in [4.69, 9.17) is 4.74 Å². The van der Waals surface area contributed by atoms with E-state index in [-0.39, 0.29) is 18.0 Å². The molecule has 8 heteroatoms. The monoisotopic (exact) mass is 357 g/mol. The van der Waals surface area contributed by atoms with Crippen molar-refractivity contribution in [3.05, 3.63) is 41.5 Å². The summed E-state index contributed by atoms with van der Waals surface area (Å²) in [6.07, 6.45) is 3.75. The first kappa shape index (κ1) is 17.8. The van der Waals surface area contributed by atoms with Gasteiger partial charge >= 0.3 is 6.03 Å². The lowest BCUT2D eigenvalue weighted by atomic mass is 10.1. The van der Waals surface area contributed by atoms with Crippen LogP contribution in [0.15, 0.2) is 24.4 Å². The van der Waals surface area contributed by atoms with Crippen LogP contribution in [0.25, 0.3) is 0 Å². The van der Waals surface area contributed by atoms with Crippen LogP contribution in [-0.2, 0) is 6.54 Å². The van der Waals surface area contributed by atoms with E-state index in [1.54, 1.807) is 31.4 Å². The van der Waals surface area contributed by atoms with Gasteiger partial charge in [-0.2, -0.15) is 0 Å². The summed E-state index contributed by atoms with van der Waals surface area (Å²) in [5.41, 5.74) is 1.87. The van der Waals surface area contributed by atoms with Gasteiger partial charge in [0.1, 0.15) is 11.6 Å². The summed E-state index contributed by atoms with van der Waals surface area (Å²) < 4.78 is 5.29. The van der Waals surface area contributed by atoms with Gasteiger partial charge in [0.05, 0.1) is 19.3 Å². The molecule has 3 N–H and O–H groups in total. The molecule has 1 aromatic carbocycles. The van der Waals surface area contributed by atoms with Crippen molar-refractivity contribution in [2.45, 2.75) is 32.4 Å². The number of carbonyl (C=O) groups excluding carboxylic acids is 2. The number of hydrogen-bond acceptors (Lipinski definition) is 4. The van der Waals surface area contributed by atoms with E-state index in [9.17, 15) is 9.59 Å². The van der Waals surface area contributed by atoms with Gasteiger partial charge in [0.15, 0.2) is 0 Å². The van der Waals surface area contributed by atoms with Gasteiger partial charge < -0.3 is 25.3 Å². The number of ether oxygens (including phenoxy) is 1. The molecule has 3 amide bonds. The van der Waals surface area contributed by atoms with Crippen molar-refractivity contribution in [3.63, 3.8) is 0 Å². The molecule has 0 atom stereocenters. The van der Waals surface area contributed by atoms with Crippen molar-refractivity contribution in [3.8, 4) is 5.75 Å². The maximum atomic E-state index is 12.5. The number of H-pyrrole nitrogens is 1. The average Bonchev–Trinajstić information content (AvgIpc) is 3.34. The van der Waals surface area contributed by atoms with Crippen LogP contribution in [0.4, 0.5) is 10.5 Å². The van der Waals surface area contributed by atoms with Crippen LogP contribution in [0.5, 0.6) is 5.75 Å². The van der Waals surface area contributed by atoms with Crippen molar-refractivity contribution in [2.24, 2.45) is 0 Å². The molecule has 1 aliphatic carbocycles. The van der Waals surface area contributed by atoms with Gasteiger partial charge in [-0.3, -0.25) is 4.79 Å². The topological polar surface area (TPSA) is 99.3 Å². The minimum absolute atomic E-state index is 0.148. The molecular weight excluding hydrogens is 334 g/mol. The Morgan fingerprint density at radius 2 is 2.15 bits per heavy atom. The molecule has 26 heavy (non-hydrogen) atoms. The lowest BCUT2D eigenvalue weighted by Gasteiger charge is -2.18. The van der Waals surface area contributed by atoms with Crippen molar-refractivity contribution in [2.75, 3.05) is 19.5 Å². The first-order chi connectivity index (χ1) is 12.5. The number of carbonyl (C=O) groups is 2. The van der Waals surface area contributed by atoms with Gasteiger partial charge in [-0.05, 0) is 38.0 Å². The number of nitrogens with zero attached hydrogens (tertiary/aromatic N) is 2. The number of aromatic nitrogens is 2. The number of amides is 3. The predicted octanol–water partition coefficient (Wildman–Crippen LogP) is 2.28. The average molecular weight is 357 g/mol. The number of benzene rings is 1. The maximum absolute atomic E-state index is 12.5. The van der Waals surface area contributed by atoms with Gasteiger partial charge in [0, 0.05) is 30.5 Å². The molecule has 0 saturated heterocycles. The van der Waals surface area contributed by atoms with E-state index in [1.807, 2.05) is 6.92 Å².